The van der Waals surface area contributed by atoms with Crippen molar-refractivity contribution in [1.82, 2.24) is 5.32 Å². The lowest BCUT2D eigenvalue weighted by Crippen LogP contribution is -2.25. The number of anilines is 1. The first-order valence-corrected chi connectivity index (χ1v) is 8.11. The highest BCUT2D eigenvalue weighted by Crippen LogP contribution is 2.21. The zero-order valence-electron chi connectivity index (χ0n) is 13.5. The number of carbonyl (C=O) groups is 2. The van der Waals surface area contributed by atoms with Crippen LogP contribution in [0.15, 0.2) is 48.5 Å². The average molecular weight is 324 g/mol. The molecule has 1 aliphatic rings. The third kappa shape index (κ3) is 3.93. The van der Waals surface area contributed by atoms with E-state index < -0.39 is 0 Å². The van der Waals surface area contributed by atoms with Crippen LogP contribution in [-0.4, -0.2) is 24.5 Å². The fraction of sp³-hybridized carbons (Fsp3) is 0.263. The van der Waals surface area contributed by atoms with Gasteiger partial charge in [0.25, 0.3) is 11.8 Å². The van der Waals surface area contributed by atoms with Gasteiger partial charge in [-0.2, -0.15) is 0 Å². The molecule has 1 saturated carbocycles. The van der Waals surface area contributed by atoms with Crippen LogP contribution in [0.25, 0.3) is 0 Å². The van der Waals surface area contributed by atoms with Crippen LogP contribution in [0.3, 0.4) is 0 Å². The maximum atomic E-state index is 12.5. The van der Waals surface area contributed by atoms with E-state index in [0.717, 1.165) is 12.8 Å². The molecular weight excluding hydrogens is 304 g/mol. The van der Waals surface area contributed by atoms with Crippen molar-refractivity contribution in [3.8, 4) is 5.75 Å². The molecule has 5 nitrogen and oxygen atoms in total. The van der Waals surface area contributed by atoms with Crippen LogP contribution < -0.4 is 15.4 Å². The summed E-state index contributed by atoms with van der Waals surface area (Å²) in [5, 5.41) is 5.76. The second-order valence-electron chi connectivity index (χ2n) is 5.71. The van der Waals surface area contributed by atoms with E-state index in [9.17, 15) is 9.59 Å². The fourth-order valence-electron chi connectivity index (χ4n) is 2.37. The first-order valence-electron chi connectivity index (χ1n) is 8.11. The normalized spacial score (nSPS) is 13.2. The molecule has 0 unspecified atom stereocenters. The Bertz CT molecular complexity index is 754. The molecule has 3 rings (SSSR count). The van der Waals surface area contributed by atoms with Crippen LogP contribution >= 0.6 is 0 Å². The number of para-hydroxylation sites is 1. The quantitative estimate of drug-likeness (QED) is 0.857. The monoisotopic (exact) mass is 324 g/mol. The number of carbonyl (C=O) groups excluding carboxylic acids is 2. The standard InChI is InChI=1S/C19H20N2O3/c1-2-24-17-9-4-3-8-16(17)19(23)21-15-7-5-6-13(12-15)18(22)20-14-10-11-14/h3-9,12,14H,2,10-11H2,1H3,(H,20,22)(H,21,23). The van der Waals surface area contributed by atoms with E-state index in [4.69, 9.17) is 4.74 Å². The number of benzene rings is 2. The summed E-state index contributed by atoms with van der Waals surface area (Å²) in [6.07, 6.45) is 2.08. The second-order valence-corrected chi connectivity index (χ2v) is 5.71. The molecule has 0 atom stereocenters. The molecule has 1 aliphatic carbocycles. The second kappa shape index (κ2) is 7.17. The Balaban J connectivity index is 1.73. The summed E-state index contributed by atoms with van der Waals surface area (Å²) in [6.45, 7) is 2.36. The van der Waals surface area contributed by atoms with Crippen molar-refractivity contribution in [3.05, 3.63) is 59.7 Å². The van der Waals surface area contributed by atoms with Gasteiger partial charge in [-0.3, -0.25) is 9.59 Å². The van der Waals surface area contributed by atoms with Crippen LogP contribution in [0.1, 0.15) is 40.5 Å². The molecule has 0 bridgehead atoms. The van der Waals surface area contributed by atoms with Gasteiger partial charge in [-0.05, 0) is 50.1 Å². The van der Waals surface area contributed by atoms with Crippen molar-refractivity contribution >= 4 is 17.5 Å². The first-order chi connectivity index (χ1) is 11.7. The number of ether oxygens (including phenoxy) is 1. The molecule has 5 heteroatoms. The SMILES string of the molecule is CCOc1ccccc1C(=O)Nc1cccc(C(=O)NC2CC2)c1. The molecule has 24 heavy (non-hydrogen) atoms. The Hall–Kier alpha value is -2.82. The summed E-state index contributed by atoms with van der Waals surface area (Å²) in [4.78, 5) is 24.6. The average Bonchev–Trinajstić information content (AvgIpc) is 3.40. The summed E-state index contributed by atoms with van der Waals surface area (Å²) in [5.41, 5.74) is 1.58. The highest BCUT2D eigenvalue weighted by Gasteiger charge is 2.23. The molecule has 2 N–H and O–H groups in total. The van der Waals surface area contributed by atoms with Crippen LogP contribution in [0.4, 0.5) is 5.69 Å². The molecular formula is C19H20N2O3. The maximum Gasteiger partial charge on any atom is 0.259 e. The minimum absolute atomic E-state index is 0.108. The molecule has 124 valence electrons. The van der Waals surface area contributed by atoms with Gasteiger partial charge in [-0.25, -0.2) is 0 Å². The summed E-state index contributed by atoms with van der Waals surface area (Å²) in [6, 6.07) is 14.3. The Morgan fingerprint density at radius 2 is 1.88 bits per heavy atom. The van der Waals surface area contributed by atoms with Gasteiger partial charge in [-0.15, -0.1) is 0 Å². The third-order valence-corrected chi connectivity index (χ3v) is 3.73. The predicted molar refractivity (Wildman–Crippen MR) is 92.5 cm³/mol. The lowest BCUT2D eigenvalue weighted by atomic mass is 10.1. The highest BCUT2D eigenvalue weighted by atomic mass is 16.5. The first kappa shape index (κ1) is 16.1. The molecule has 2 aromatic rings. The highest BCUT2D eigenvalue weighted by molar-refractivity contribution is 6.06. The van der Waals surface area contributed by atoms with Gasteiger partial charge in [-0.1, -0.05) is 18.2 Å². The fourth-order valence-corrected chi connectivity index (χ4v) is 2.37. The van der Waals surface area contributed by atoms with Crippen molar-refractivity contribution in [1.29, 1.82) is 0 Å². The Labute approximate surface area is 141 Å². The Kier molecular flexibility index (Phi) is 4.79. The Morgan fingerprint density at radius 1 is 1.08 bits per heavy atom. The van der Waals surface area contributed by atoms with E-state index in [0.29, 0.717) is 35.2 Å². The zero-order chi connectivity index (χ0) is 16.9. The van der Waals surface area contributed by atoms with E-state index in [1.807, 2.05) is 13.0 Å². The molecule has 2 amide bonds. The van der Waals surface area contributed by atoms with Gasteiger partial charge in [0.1, 0.15) is 5.75 Å². The number of rotatable bonds is 6. The van der Waals surface area contributed by atoms with Gasteiger partial charge in [0.15, 0.2) is 0 Å². The molecule has 2 aromatic carbocycles. The zero-order valence-corrected chi connectivity index (χ0v) is 13.5. The topological polar surface area (TPSA) is 67.4 Å². The summed E-state index contributed by atoms with van der Waals surface area (Å²) in [7, 11) is 0. The number of hydrogen-bond acceptors (Lipinski definition) is 3. The lowest BCUT2D eigenvalue weighted by molar-refractivity contribution is 0.0949. The Morgan fingerprint density at radius 3 is 2.62 bits per heavy atom. The molecule has 0 heterocycles. The van der Waals surface area contributed by atoms with E-state index in [-0.39, 0.29) is 11.8 Å². The van der Waals surface area contributed by atoms with Gasteiger partial charge in [0.2, 0.25) is 0 Å². The summed E-state index contributed by atoms with van der Waals surface area (Å²) in [5.74, 6) is 0.169. The molecule has 0 saturated heterocycles. The molecule has 0 spiro atoms. The van der Waals surface area contributed by atoms with Crippen LogP contribution in [0, 0.1) is 0 Å². The minimum Gasteiger partial charge on any atom is -0.493 e. The molecule has 1 fully saturated rings. The van der Waals surface area contributed by atoms with Crippen molar-refractivity contribution in [2.45, 2.75) is 25.8 Å². The van der Waals surface area contributed by atoms with E-state index in [1.54, 1.807) is 42.5 Å². The summed E-state index contributed by atoms with van der Waals surface area (Å²) < 4.78 is 5.48. The third-order valence-electron chi connectivity index (χ3n) is 3.73. The van der Waals surface area contributed by atoms with Crippen LogP contribution in [-0.2, 0) is 0 Å². The molecule has 0 aromatic heterocycles. The summed E-state index contributed by atoms with van der Waals surface area (Å²) >= 11 is 0. The van der Waals surface area contributed by atoms with Crippen LogP contribution in [0.2, 0.25) is 0 Å². The molecule has 0 aliphatic heterocycles. The van der Waals surface area contributed by atoms with Crippen molar-refractivity contribution in [2.24, 2.45) is 0 Å². The lowest BCUT2D eigenvalue weighted by Gasteiger charge is -2.11. The molecule has 0 radical (unpaired) electrons. The van der Waals surface area contributed by atoms with Gasteiger partial charge in [0.05, 0.1) is 12.2 Å². The number of nitrogens with one attached hydrogen (secondary N) is 2. The number of hydrogen-bond donors (Lipinski definition) is 2. The van der Waals surface area contributed by atoms with Gasteiger partial charge >= 0.3 is 0 Å². The predicted octanol–water partition coefficient (Wildman–Crippen LogP) is 3.23. The maximum absolute atomic E-state index is 12.5. The van der Waals surface area contributed by atoms with Gasteiger partial charge < -0.3 is 15.4 Å². The minimum atomic E-state index is -0.265. The van der Waals surface area contributed by atoms with E-state index >= 15 is 0 Å². The van der Waals surface area contributed by atoms with E-state index in [2.05, 4.69) is 10.6 Å². The number of amides is 2. The van der Waals surface area contributed by atoms with Crippen molar-refractivity contribution < 1.29 is 14.3 Å². The smallest absolute Gasteiger partial charge is 0.259 e. The van der Waals surface area contributed by atoms with Crippen LogP contribution in [0.5, 0.6) is 5.75 Å². The van der Waals surface area contributed by atoms with E-state index in [1.165, 1.54) is 0 Å². The van der Waals surface area contributed by atoms with Gasteiger partial charge in [0, 0.05) is 17.3 Å². The van der Waals surface area contributed by atoms with Crippen molar-refractivity contribution in [2.75, 3.05) is 11.9 Å². The van der Waals surface area contributed by atoms with Crippen molar-refractivity contribution in [3.63, 3.8) is 0 Å². The largest absolute Gasteiger partial charge is 0.493 e.